The summed E-state index contributed by atoms with van der Waals surface area (Å²) in [5.41, 5.74) is 0. The maximum absolute atomic E-state index is 9.83. The maximum atomic E-state index is 9.83. The van der Waals surface area contributed by atoms with E-state index in [4.69, 9.17) is 0 Å². The molecule has 1 fully saturated rings. The minimum atomic E-state index is 0.433. The average molecular weight is 128 g/mol. The van der Waals surface area contributed by atoms with Crippen LogP contribution in [-0.4, -0.2) is 31.1 Å². The Labute approximate surface area is 55.0 Å². The molecule has 1 heterocycles. The van der Waals surface area contributed by atoms with Crippen LogP contribution in [0.1, 0.15) is 12.8 Å². The van der Waals surface area contributed by atoms with Crippen LogP contribution in [0.15, 0.2) is 5.18 Å². The number of likely N-dealkylation sites (tertiary alicyclic amines) is 1. The molecule has 0 unspecified atom stereocenters. The van der Waals surface area contributed by atoms with E-state index in [2.05, 4.69) is 10.1 Å². The second-order valence-corrected chi connectivity index (χ2v) is 2.59. The Bertz CT molecular complexity index is 105. The van der Waals surface area contributed by atoms with Crippen molar-refractivity contribution >= 4 is 0 Å². The molecule has 0 N–H and O–H groups in total. The molecule has 3 nitrogen and oxygen atoms in total. The molecule has 0 aromatic heterocycles. The van der Waals surface area contributed by atoms with Crippen LogP contribution in [0.25, 0.3) is 0 Å². The first-order valence-electron chi connectivity index (χ1n) is 3.34. The molecule has 0 saturated carbocycles. The lowest BCUT2D eigenvalue weighted by atomic mass is 10.2. The standard InChI is InChI=1S/C6H12N2O/c1-8-4-2-3-6(8)5-7-9/h6H,2-5H2,1H3/t6-/m0/s1. The number of rotatable bonds is 2. The normalized spacial score (nSPS) is 28.8. The van der Waals surface area contributed by atoms with Crippen molar-refractivity contribution in [3.63, 3.8) is 0 Å². The van der Waals surface area contributed by atoms with Gasteiger partial charge in [-0.2, -0.15) is 4.91 Å². The Morgan fingerprint density at radius 1 is 1.78 bits per heavy atom. The van der Waals surface area contributed by atoms with Crippen molar-refractivity contribution < 1.29 is 0 Å². The lowest BCUT2D eigenvalue weighted by Gasteiger charge is -2.14. The highest BCUT2D eigenvalue weighted by atomic mass is 16.3. The molecule has 1 aliphatic rings. The monoisotopic (exact) mass is 128 g/mol. The molecule has 0 aliphatic carbocycles. The van der Waals surface area contributed by atoms with Gasteiger partial charge in [0.15, 0.2) is 0 Å². The Balaban J connectivity index is 2.30. The van der Waals surface area contributed by atoms with Crippen LogP contribution in [0.5, 0.6) is 0 Å². The second-order valence-electron chi connectivity index (χ2n) is 2.59. The molecule has 1 saturated heterocycles. The van der Waals surface area contributed by atoms with Crippen molar-refractivity contribution in [3.8, 4) is 0 Å². The van der Waals surface area contributed by atoms with Gasteiger partial charge in [0.1, 0.15) is 0 Å². The first kappa shape index (κ1) is 6.68. The zero-order valence-electron chi connectivity index (χ0n) is 5.71. The molecule has 0 aromatic carbocycles. The summed E-state index contributed by atoms with van der Waals surface area (Å²) in [6.45, 7) is 1.59. The summed E-state index contributed by atoms with van der Waals surface area (Å²) >= 11 is 0. The van der Waals surface area contributed by atoms with Crippen LogP contribution in [-0.2, 0) is 0 Å². The third kappa shape index (κ3) is 1.48. The number of hydrogen-bond acceptors (Lipinski definition) is 3. The Morgan fingerprint density at radius 3 is 3.00 bits per heavy atom. The molecule has 52 valence electrons. The molecule has 0 aromatic rings. The van der Waals surface area contributed by atoms with Gasteiger partial charge in [-0.05, 0) is 26.4 Å². The Morgan fingerprint density at radius 2 is 2.56 bits per heavy atom. The summed E-state index contributed by atoms with van der Waals surface area (Å²) in [7, 11) is 2.04. The average Bonchev–Trinajstić information content (AvgIpc) is 2.18. The van der Waals surface area contributed by atoms with Gasteiger partial charge >= 0.3 is 0 Å². The fourth-order valence-electron chi connectivity index (χ4n) is 1.30. The fourth-order valence-corrected chi connectivity index (χ4v) is 1.30. The highest BCUT2D eigenvalue weighted by Gasteiger charge is 2.20. The van der Waals surface area contributed by atoms with Crippen molar-refractivity contribution in [2.45, 2.75) is 18.9 Å². The van der Waals surface area contributed by atoms with Gasteiger partial charge in [-0.25, -0.2) is 0 Å². The molecular weight excluding hydrogens is 116 g/mol. The molecule has 0 radical (unpaired) electrons. The highest BCUT2D eigenvalue weighted by Crippen LogP contribution is 2.14. The largest absolute Gasteiger partial charge is 0.301 e. The SMILES string of the molecule is CN1CCC[C@H]1CN=O. The van der Waals surface area contributed by atoms with Gasteiger partial charge in [0, 0.05) is 6.04 Å². The molecule has 9 heavy (non-hydrogen) atoms. The molecule has 1 atom stereocenters. The first-order chi connectivity index (χ1) is 4.34. The van der Waals surface area contributed by atoms with Crippen LogP contribution in [0.3, 0.4) is 0 Å². The minimum Gasteiger partial charge on any atom is -0.301 e. The van der Waals surface area contributed by atoms with E-state index in [1.165, 1.54) is 6.42 Å². The minimum absolute atomic E-state index is 0.433. The van der Waals surface area contributed by atoms with Gasteiger partial charge in [0.2, 0.25) is 0 Å². The second kappa shape index (κ2) is 2.92. The van der Waals surface area contributed by atoms with Crippen LogP contribution >= 0.6 is 0 Å². The summed E-state index contributed by atoms with van der Waals surface area (Å²) in [6.07, 6.45) is 2.36. The molecule has 0 spiro atoms. The molecule has 0 bridgehead atoms. The van der Waals surface area contributed by atoms with E-state index in [1.807, 2.05) is 7.05 Å². The van der Waals surface area contributed by atoms with Gasteiger partial charge in [-0.1, -0.05) is 5.18 Å². The van der Waals surface area contributed by atoms with Crippen molar-refractivity contribution in [1.82, 2.24) is 4.90 Å². The van der Waals surface area contributed by atoms with Crippen LogP contribution in [0, 0.1) is 4.91 Å². The van der Waals surface area contributed by atoms with Crippen LogP contribution < -0.4 is 0 Å². The number of hydrogen-bond donors (Lipinski definition) is 0. The third-order valence-electron chi connectivity index (χ3n) is 1.96. The van der Waals surface area contributed by atoms with Crippen LogP contribution in [0.2, 0.25) is 0 Å². The highest BCUT2D eigenvalue weighted by molar-refractivity contribution is 4.77. The fraction of sp³-hybridized carbons (Fsp3) is 1.00. The van der Waals surface area contributed by atoms with E-state index in [9.17, 15) is 4.91 Å². The first-order valence-corrected chi connectivity index (χ1v) is 3.34. The lowest BCUT2D eigenvalue weighted by molar-refractivity contribution is 0.317. The molecule has 1 rings (SSSR count). The van der Waals surface area contributed by atoms with E-state index in [-0.39, 0.29) is 0 Å². The Hall–Kier alpha value is -0.440. The van der Waals surface area contributed by atoms with E-state index in [0.29, 0.717) is 12.6 Å². The summed E-state index contributed by atoms with van der Waals surface area (Å²) in [5.74, 6) is 0. The van der Waals surface area contributed by atoms with Gasteiger partial charge in [0.25, 0.3) is 0 Å². The topological polar surface area (TPSA) is 32.7 Å². The quantitative estimate of drug-likeness (QED) is 0.516. The zero-order valence-corrected chi connectivity index (χ0v) is 5.71. The van der Waals surface area contributed by atoms with Crippen molar-refractivity contribution in [2.75, 3.05) is 20.1 Å². The van der Waals surface area contributed by atoms with E-state index < -0.39 is 0 Å². The predicted octanol–water partition coefficient (Wildman–Crippen LogP) is 0.847. The smallest absolute Gasteiger partial charge is 0.0966 e. The number of nitroso groups, excluding NO2 is 1. The molecule has 0 amide bonds. The van der Waals surface area contributed by atoms with Gasteiger partial charge < -0.3 is 4.90 Å². The Kier molecular flexibility index (Phi) is 2.16. The maximum Gasteiger partial charge on any atom is 0.0966 e. The van der Waals surface area contributed by atoms with Crippen molar-refractivity contribution in [2.24, 2.45) is 5.18 Å². The number of likely N-dealkylation sites (N-methyl/N-ethyl adjacent to an activating group) is 1. The van der Waals surface area contributed by atoms with E-state index in [1.54, 1.807) is 0 Å². The third-order valence-corrected chi connectivity index (χ3v) is 1.96. The lowest BCUT2D eigenvalue weighted by Crippen LogP contribution is -2.27. The summed E-state index contributed by atoms with van der Waals surface area (Å²) in [5, 5.41) is 2.88. The van der Waals surface area contributed by atoms with Gasteiger partial charge in [-0.15, -0.1) is 0 Å². The summed E-state index contributed by atoms with van der Waals surface area (Å²) in [4.78, 5) is 12.0. The van der Waals surface area contributed by atoms with Gasteiger partial charge in [-0.3, -0.25) is 0 Å². The summed E-state index contributed by atoms with van der Waals surface area (Å²) < 4.78 is 0. The van der Waals surface area contributed by atoms with E-state index >= 15 is 0 Å². The predicted molar refractivity (Wildman–Crippen MR) is 36.3 cm³/mol. The number of nitrogens with zero attached hydrogens (tertiary/aromatic N) is 2. The van der Waals surface area contributed by atoms with Crippen molar-refractivity contribution in [3.05, 3.63) is 4.91 Å². The molecule has 3 heteroatoms. The van der Waals surface area contributed by atoms with Crippen molar-refractivity contribution in [1.29, 1.82) is 0 Å². The van der Waals surface area contributed by atoms with Gasteiger partial charge in [0.05, 0.1) is 6.54 Å². The molecule has 1 aliphatic heterocycles. The zero-order chi connectivity index (χ0) is 6.69. The summed E-state index contributed by atoms with van der Waals surface area (Å²) in [6, 6.07) is 0.433. The van der Waals surface area contributed by atoms with E-state index in [0.717, 1.165) is 13.0 Å². The van der Waals surface area contributed by atoms with Crippen LogP contribution in [0.4, 0.5) is 0 Å². The molecular formula is C6H12N2O.